The Hall–Kier alpha value is -2.00. The fourth-order valence-corrected chi connectivity index (χ4v) is 3.06. The molecule has 160 valence electrons. The lowest BCUT2D eigenvalue weighted by Gasteiger charge is -2.26. The van der Waals surface area contributed by atoms with Crippen LogP contribution in [0.3, 0.4) is 0 Å². The number of aliphatic imine (C=N–C) groups is 1. The van der Waals surface area contributed by atoms with Crippen LogP contribution in [0, 0.1) is 0 Å². The third-order valence-corrected chi connectivity index (χ3v) is 4.69. The summed E-state index contributed by atoms with van der Waals surface area (Å²) in [5.74, 6) is 2.57. The second-order valence-electron chi connectivity index (χ2n) is 6.69. The van der Waals surface area contributed by atoms with Crippen LogP contribution in [0.1, 0.15) is 17.2 Å². The van der Waals surface area contributed by atoms with Crippen molar-refractivity contribution in [2.24, 2.45) is 4.99 Å². The van der Waals surface area contributed by atoms with Gasteiger partial charge in [-0.15, -0.1) is 24.0 Å². The monoisotopic (exact) mass is 512 g/mol. The summed E-state index contributed by atoms with van der Waals surface area (Å²) in [5, 5.41) is 6.81. The first-order chi connectivity index (χ1) is 13.6. The summed E-state index contributed by atoms with van der Waals surface area (Å²) in [6, 6.07) is 16.5. The highest BCUT2D eigenvalue weighted by Crippen LogP contribution is 2.20. The Labute approximate surface area is 191 Å². The Morgan fingerprint density at radius 2 is 1.69 bits per heavy atom. The van der Waals surface area contributed by atoms with Gasteiger partial charge in [0.25, 0.3) is 0 Å². The number of halogens is 1. The van der Waals surface area contributed by atoms with Crippen molar-refractivity contribution in [2.45, 2.75) is 12.5 Å². The van der Waals surface area contributed by atoms with Crippen LogP contribution in [-0.4, -0.2) is 59.3 Å². The van der Waals surface area contributed by atoms with E-state index in [-0.39, 0.29) is 30.0 Å². The third kappa shape index (κ3) is 7.74. The number of likely N-dealkylation sites (N-methyl/N-ethyl adjacent to an activating group) is 1. The predicted molar refractivity (Wildman–Crippen MR) is 131 cm³/mol. The lowest BCUT2D eigenvalue weighted by atomic mass is 10.1. The van der Waals surface area contributed by atoms with E-state index in [0.717, 1.165) is 37.0 Å². The first-order valence-electron chi connectivity index (χ1n) is 9.45. The van der Waals surface area contributed by atoms with E-state index < -0.39 is 0 Å². The van der Waals surface area contributed by atoms with Crippen LogP contribution in [-0.2, 0) is 6.42 Å². The van der Waals surface area contributed by atoms with Crippen molar-refractivity contribution in [3.8, 4) is 11.5 Å². The van der Waals surface area contributed by atoms with Gasteiger partial charge in [-0.05, 0) is 49.8 Å². The smallest absolute Gasteiger partial charge is 0.191 e. The summed E-state index contributed by atoms with van der Waals surface area (Å²) >= 11 is 0. The van der Waals surface area contributed by atoms with E-state index >= 15 is 0 Å². The van der Waals surface area contributed by atoms with Crippen molar-refractivity contribution in [3.05, 3.63) is 59.7 Å². The number of guanidine groups is 1. The number of hydrogen-bond donors (Lipinski definition) is 2. The van der Waals surface area contributed by atoms with Crippen molar-refractivity contribution in [3.63, 3.8) is 0 Å². The topological polar surface area (TPSA) is 58.1 Å². The fraction of sp³-hybridized carbons (Fsp3) is 0.409. The molecular weight excluding hydrogens is 479 g/mol. The zero-order valence-electron chi connectivity index (χ0n) is 17.9. The summed E-state index contributed by atoms with van der Waals surface area (Å²) < 4.78 is 10.7. The van der Waals surface area contributed by atoms with Crippen LogP contribution in [0.25, 0.3) is 0 Å². The summed E-state index contributed by atoms with van der Waals surface area (Å²) in [4.78, 5) is 6.53. The van der Waals surface area contributed by atoms with E-state index in [9.17, 15) is 0 Å². The van der Waals surface area contributed by atoms with Gasteiger partial charge in [0, 0.05) is 20.1 Å². The molecule has 0 aliphatic rings. The van der Waals surface area contributed by atoms with E-state index in [1.54, 1.807) is 21.3 Å². The van der Waals surface area contributed by atoms with Gasteiger partial charge >= 0.3 is 0 Å². The molecule has 0 radical (unpaired) electrons. The molecule has 2 aromatic carbocycles. The fourth-order valence-electron chi connectivity index (χ4n) is 3.06. The lowest BCUT2D eigenvalue weighted by Crippen LogP contribution is -2.42. The van der Waals surface area contributed by atoms with Crippen LogP contribution in [0.4, 0.5) is 0 Å². The van der Waals surface area contributed by atoms with Crippen LogP contribution in [0.5, 0.6) is 11.5 Å². The largest absolute Gasteiger partial charge is 0.497 e. The molecule has 6 nitrogen and oxygen atoms in total. The molecule has 0 heterocycles. The summed E-state index contributed by atoms with van der Waals surface area (Å²) in [6.45, 7) is 1.52. The number of benzene rings is 2. The van der Waals surface area contributed by atoms with Gasteiger partial charge in [-0.1, -0.05) is 30.3 Å². The van der Waals surface area contributed by atoms with Crippen molar-refractivity contribution in [1.82, 2.24) is 15.5 Å². The molecule has 0 bridgehead atoms. The minimum absolute atomic E-state index is 0. The van der Waals surface area contributed by atoms with Gasteiger partial charge in [-0.3, -0.25) is 4.99 Å². The summed E-state index contributed by atoms with van der Waals surface area (Å²) in [7, 11) is 9.33. The Morgan fingerprint density at radius 3 is 2.28 bits per heavy atom. The maximum atomic E-state index is 5.41. The normalized spacial score (nSPS) is 12.1. The highest BCUT2D eigenvalue weighted by Gasteiger charge is 2.15. The summed E-state index contributed by atoms with van der Waals surface area (Å²) in [5.41, 5.74) is 2.40. The SMILES string of the molecule is CN=C(NCCc1ccccc1OC)NCC(c1ccc(OC)cc1)N(C)C.I. The molecule has 0 spiro atoms. The molecule has 0 aliphatic heterocycles. The molecule has 1 unspecified atom stereocenters. The molecule has 0 amide bonds. The average Bonchev–Trinajstić information content (AvgIpc) is 2.73. The number of nitrogens with zero attached hydrogens (tertiary/aromatic N) is 2. The first-order valence-corrected chi connectivity index (χ1v) is 9.45. The van der Waals surface area contributed by atoms with E-state index in [1.165, 1.54) is 11.1 Å². The number of nitrogens with one attached hydrogen (secondary N) is 2. The van der Waals surface area contributed by atoms with E-state index in [2.05, 4.69) is 52.8 Å². The Morgan fingerprint density at radius 1 is 1.00 bits per heavy atom. The molecule has 2 aromatic rings. The minimum atomic E-state index is 0. The van der Waals surface area contributed by atoms with E-state index in [0.29, 0.717) is 0 Å². The van der Waals surface area contributed by atoms with E-state index in [1.807, 2.05) is 30.3 Å². The van der Waals surface area contributed by atoms with Crippen molar-refractivity contribution < 1.29 is 9.47 Å². The quantitative estimate of drug-likeness (QED) is 0.307. The first kappa shape index (κ1) is 25.0. The Bertz CT molecular complexity index is 751. The predicted octanol–water partition coefficient (Wildman–Crippen LogP) is 3.33. The van der Waals surface area contributed by atoms with Crippen LogP contribution < -0.4 is 20.1 Å². The Balaban J connectivity index is 0.00000420. The van der Waals surface area contributed by atoms with Crippen LogP contribution in [0.15, 0.2) is 53.5 Å². The molecule has 7 heteroatoms. The molecule has 0 fully saturated rings. The molecule has 2 N–H and O–H groups in total. The number of para-hydroxylation sites is 1. The zero-order chi connectivity index (χ0) is 20.4. The van der Waals surface area contributed by atoms with Crippen molar-refractivity contribution >= 4 is 29.9 Å². The maximum absolute atomic E-state index is 5.41. The third-order valence-electron chi connectivity index (χ3n) is 4.69. The van der Waals surface area contributed by atoms with Crippen molar-refractivity contribution in [1.29, 1.82) is 0 Å². The molecular formula is C22H33IN4O2. The summed E-state index contributed by atoms with van der Waals surface area (Å²) in [6.07, 6.45) is 0.861. The second kappa shape index (κ2) is 13.3. The standard InChI is InChI=1S/C22H32N4O2.HI/c1-23-22(24-15-14-18-8-6-7-9-21(18)28-5)25-16-20(26(2)3)17-10-12-19(27-4)13-11-17;/h6-13,20H,14-16H2,1-5H3,(H2,23,24,25);1H. The zero-order valence-corrected chi connectivity index (χ0v) is 20.3. The average molecular weight is 512 g/mol. The van der Waals surface area contributed by atoms with Gasteiger partial charge in [0.15, 0.2) is 5.96 Å². The molecule has 0 aromatic heterocycles. The molecule has 0 aliphatic carbocycles. The van der Waals surface area contributed by atoms with Gasteiger partial charge in [0.2, 0.25) is 0 Å². The number of rotatable bonds is 9. The highest BCUT2D eigenvalue weighted by molar-refractivity contribution is 14.0. The van der Waals surface area contributed by atoms with Gasteiger partial charge in [0.1, 0.15) is 11.5 Å². The minimum Gasteiger partial charge on any atom is -0.497 e. The van der Waals surface area contributed by atoms with Crippen LogP contribution in [0.2, 0.25) is 0 Å². The van der Waals surface area contributed by atoms with Crippen LogP contribution >= 0.6 is 24.0 Å². The highest BCUT2D eigenvalue weighted by atomic mass is 127. The number of hydrogen-bond acceptors (Lipinski definition) is 4. The molecule has 2 rings (SSSR count). The molecule has 0 saturated heterocycles. The van der Waals surface area contributed by atoms with Gasteiger partial charge in [0.05, 0.1) is 20.3 Å². The maximum Gasteiger partial charge on any atom is 0.191 e. The second-order valence-corrected chi connectivity index (χ2v) is 6.69. The number of methoxy groups -OCH3 is 2. The van der Waals surface area contributed by atoms with Gasteiger partial charge in [-0.25, -0.2) is 0 Å². The van der Waals surface area contributed by atoms with Gasteiger partial charge in [-0.2, -0.15) is 0 Å². The molecule has 0 saturated carbocycles. The van der Waals surface area contributed by atoms with E-state index in [4.69, 9.17) is 9.47 Å². The molecule has 1 atom stereocenters. The Kier molecular flexibility index (Phi) is 11.5. The molecule has 29 heavy (non-hydrogen) atoms. The lowest BCUT2D eigenvalue weighted by molar-refractivity contribution is 0.298. The number of ether oxygens (including phenoxy) is 2. The van der Waals surface area contributed by atoms with Crippen molar-refractivity contribution in [2.75, 3.05) is 48.5 Å². The van der Waals surface area contributed by atoms with Gasteiger partial charge < -0.3 is 25.0 Å².